The quantitative estimate of drug-likeness (QED) is 0.570. The first-order valence-electron chi connectivity index (χ1n) is 3.70. The Kier molecular flexibility index (Phi) is 1.73. The molecule has 0 amide bonds. The maximum Gasteiger partial charge on any atom is 0.358 e. The molecule has 0 saturated carbocycles. The Hall–Kier alpha value is -1.09. The van der Waals surface area contributed by atoms with Gasteiger partial charge in [0.2, 0.25) is 0 Å². The molecule has 1 heterocycles. The maximum atomic E-state index is 5.27. The third-order valence-electron chi connectivity index (χ3n) is 1.82. The van der Waals surface area contributed by atoms with Gasteiger partial charge in [-0.15, -0.1) is 0 Å². The highest BCUT2D eigenvalue weighted by Crippen LogP contribution is 2.27. The Morgan fingerprint density at radius 2 is 2.25 bits per heavy atom. The molecule has 1 aliphatic rings. The Morgan fingerprint density at radius 3 is 3.08 bits per heavy atom. The second-order valence-corrected chi connectivity index (χ2v) is 3.04. The number of thiocarbonyl (C=S) groups is 1. The molecule has 3 heteroatoms. The standard InChI is InChI=1S/C9H8O2S/c1-6-3-2-4-7-5-10-9(12)11-8(6)7/h2-4H,5H2,1H3. The van der Waals surface area contributed by atoms with Crippen LogP contribution in [0.1, 0.15) is 11.1 Å². The SMILES string of the molecule is Cc1cccc2c1OC(=S)OC2. The summed E-state index contributed by atoms with van der Waals surface area (Å²) in [6.07, 6.45) is 0. The van der Waals surface area contributed by atoms with Gasteiger partial charge in [-0.1, -0.05) is 18.2 Å². The second kappa shape index (κ2) is 2.75. The van der Waals surface area contributed by atoms with Crippen molar-refractivity contribution in [3.63, 3.8) is 0 Å². The van der Waals surface area contributed by atoms with Gasteiger partial charge < -0.3 is 9.47 Å². The van der Waals surface area contributed by atoms with E-state index < -0.39 is 0 Å². The lowest BCUT2D eigenvalue weighted by Gasteiger charge is -2.19. The molecule has 12 heavy (non-hydrogen) atoms. The van der Waals surface area contributed by atoms with Crippen molar-refractivity contribution in [1.29, 1.82) is 0 Å². The van der Waals surface area contributed by atoms with Crippen LogP contribution in [0, 0.1) is 6.92 Å². The van der Waals surface area contributed by atoms with Crippen molar-refractivity contribution in [1.82, 2.24) is 0 Å². The van der Waals surface area contributed by atoms with Gasteiger partial charge in [-0.2, -0.15) is 0 Å². The molecule has 0 aliphatic carbocycles. The van der Waals surface area contributed by atoms with E-state index in [1.165, 1.54) is 0 Å². The summed E-state index contributed by atoms with van der Waals surface area (Å²) in [4.78, 5) is 0. The molecule has 0 spiro atoms. The van der Waals surface area contributed by atoms with Gasteiger partial charge in [0, 0.05) is 17.8 Å². The summed E-state index contributed by atoms with van der Waals surface area (Å²) in [5.41, 5.74) is 2.15. The molecule has 1 aliphatic heterocycles. The number of fused-ring (bicyclic) bond motifs is 1. The van der Waals surface area contributed by atoms with Gasteiger partial charge >= 0.3 is 5.24 Å². The van der Waals surface area contributed by atoms with E-state index in [2.05, 4.69) is 0 Å². The molecular formula is C9H8O2S. The number of hydrogen-bond donors (Lipinski definition) is 0. The predicted molar refractivity (Wildman–Crippen MR) is 49.2 cm³/mol. The van der Waals surface area contributed by atoms with E-state index in [4.69, 9.17) is 21.7 Å². The van der Waals surface area contributed by atoms with Gasteiger partial charge in [0.1, 0.15) is 12.4 Å². The number of benzene rings is 1. The molecule has 0 N–H and O–H groups in total. The van der Waals surface area contributed by atoms with Crippen LogP contribution >= 0.6 is 12.2 Å². The number of aryl methyl sites for hydroxylation is 1. The van der Waals surface area contributed by atoms with E-state index >= 15 is 0 Å². The van der Waals surface area contributed by atoms with Crippen LogP contribution in [0.5, 0.6) is 5.75 Å². The molecule has 0 atom stereocenters. The maximum absolute atomic E-state index is 5.27. The minimum absolute atomic E-state index is 0.219. The number of ether oxygens (including phenoxy) is 2. The Morgan fingerprint density at radius 1 is 1.42 bits per heavy atom. The van der Waals surface area contributed by atoms with Crippen LogP contribution in [0.25, 0.3) is 0 Å². The summed E-state index contributed by atoms with van der Waals surface area (Å²) >= 11 is 4.80. The van der Waals surface area contributed by atoms with Crippen LogP contribution in [0.2, 0.25) is 0 Å². The summed E-state index contributed by atoms with van der Waals surface area (Å²) in [6.45, 7) is 2.52. The van der Waals surface area contributed by atoms with E-state index in [0.717, 1.165) is 16.9 Å². The van der Waals surface area contributed by atoms with Gasteiger partial charge in [0.25, 0.3) is 0 Å². The normalized spacial score (nSPS) is 14.6. The summed E-state index contributed by atoms with van der Waals surface area (Å²) in [6, 6.07) is 5.95. The van der Waals surface area contributed by atoms with E-state index in [1.54, 1.807) is 0 Å². The summed E-state index contributed by atoms with van der Waals surface area (Å²) in [5, 5.41) is 0.219. The van der Waals surface area contributed by atoms with Gasteiger partial charge in [-0.25, -0.2) is 0 Å². The third kappa shape index (κ3) is 1.16. The van der Waals surface area contributed by atoms with E-state index in [0.29, 0.717) is 6.61 Å². The molecule has 2 nitrogen and oxygen atoms in total. The van der Waals surface area contributed by atoms with Crippen molar-refractivity contribution in [2.75, 3.05) is 0 Å². The highest BCUT2D eigenvalue weighted by Gasteiger charge is 2.16. The minimum Gasteiger partial charge on any atom is -0.452 e. The highest BCUT2D eigenvalue weighted by molar-refractivity contribution is 7.79. The van der Waals surface area contributed by atoms with Crippen molar-refractivity contribution in [2.45, 2.75) is 13.5 Å². The van der Waals surface area contributed by atoms with Crippen molar-refractivity contribution in [3.8, 4) is 5.75 Å². The minimum atomic E-state index is 0.219. The summed E-state index contributed by atoms with van der Waals surface area (Å²) < 4.78 is 10.3. The third-order valence-corrected chi connectivity index (χ3v) is 2.03. The predicted octanol–water partition coefficient (Wildman–Crippen LogP) is 2.19. The van der Waals surface area contributed by atoms with Crippen molar-refractivity contribution >= 4 is 17.5 Å². The number of para-hydroxylation sites is 1. The number of rotatable bonds is 0. The largest absolute Gasteiger partial charge is 0.452 e. The lowest BCUT2D eigenvalue weighted by Crippen LogP contribution is -2.17. The first-order chi connectivity index (χ1) is 5.77. The molecule has 0 radical (unpaired) electrons. The zero-order chi connectivity index (χ0) is 8.55. The zero-order valence-corrected chi connectivity index (χ0v) is 7.48. The first kappa shape index (κ1) is 7.55. The second-order valence-electron chi connectivity index (χ2n) is 2.70. The highest BCUT2D eigenvalue weighted by atomic mass is 32.1. The lowest BCUT2D eigenvalue weighted by atomic mass is 10.1. The van der Waals surface area contributed by atoms with Gasteiger partial charge in [-0.05, 0) is 12.5 Å². The summed E-state index contributed by atoms with van der Waals surface area (Å²) in [7, 11) is 0. The van der Waals surface area contributed by atoms with Crippen LogP contribution in [0.3, 0.4) is 0 Å². The Bertz CT molecular complexity index is 333. The molecule has 0 bridgehead atoms. The van der Waals surface area contributed by atoms with E-state index in [-0.39, 0.29) is 5.24 Å². The average Bonchev–Trinajstić information content (AvgIpc) is 2.07. The Balaban J connectivity index is 2.50. The lowest BCUT2D eigenvalue weighted by molar-refractivity contribution is 0.210. The molecule has 0 fully saturated rings. The monoisotopic (exact) mass is 180 g/mol. The summed E-state index contributed by atoms with van der Waals surface area (Å²) in [5.74, 6) is 0.855. The fraction of sp³-hybridized carbons (Fsp3) is 0.222. The molecule has 2 rings (SSSR count). The molecule has 62 valence electrons. The first-order valence-corrected chi connectivity index (χ1v) is 4.11. The van der Waals surface area contributed by atoms with Crippen LogP contribution < -0.4 is 4.74 Å². The van der Waals surface area contributed by atoms with Gasteiger partial charge in [-0.3, -0.25) is 0 Å². The van der Waals surface area contributed by atoms with Gasteiger partial charge in [0.05, 0.1) is 0 Å². The molecule has 0 aromatic heterocycles. The van der Waals surface area contributed by atoms with Crippen LogP contribution in [-0.2, 0) is 11.3 Å². The van der Waals surface area contributed by atoms with Crippen molar-refractivity contribution in [3.05, 3.63) is 29.3 Å². The molecule has 1 aromatic rings. The molecular weight excluding hydrogens is 172 g/mol. The van der Waals surface area contributed by atoms with Crippen LogP contribution in [0.15, 0.2) is 18.2 Å². The Labute approximate surface area is 76.1 Å². The van der Waals surface area contributed by atoms with Crippen molar-refractivity contribution in [2.24, 2.45) is 0 Å². The van der Waals surface area contributed by atoms with E-state index in [1.807, 2.05) is 25.1 Å². The topological polar surface area (TPSA) is 18.5 Å². The van der Waals surface area contributed by atoms with Crippen molar-refractivity contribution < 1.29 is 9.47 Å². The zero-order valence-electron chi connectivity index (χ0n) is 6.66. The molecule has 1 aromatic carbocycles. The number of hydrogen-bond acceptors (Lipinski definition) is 3. The molecule has 0 unspecified atom stereocenters. The van der Waals surface area contributed by atoms with Crippen LogP contribution in [-0.4, -0.2) is 5.24 Å². The van der Waals surface area contributed by atoms with Gasteiger partial charge in [0.15, 0.2) is 0 Å². The van der Waals surface area contributed by atoms with Crippen LogP contribution in [0.4, 0.5) is 0 Å². The fourth-order valence-corrected chi connectivity index (χ4v) is 1.36. The average molecular weight is 180 g/mol. The smallest absolute Gasteiger partial charge is 0.358 e. The van der Waals surface area contributed by atoms with E-state index in [9.17, 15) is 0 Å². The molecule has 0 saturated heterocycles. The fourth-order valence-electron chi connectivity index (χ4n) is 1.22.